The van der Waals surface area contributed by atoms with Crippen molar-refractivity contribution in [1.29, 1.82) is 0 Å². The van der Waals surface area contributed by atoms with Gasteiger partial charge in [0, 0.05) is 41.7 Å². The minimum Gasteiger partial charge on any atom is -0.330 e. The van der Waals surface area contributed by atoms with Crippen LogP contribution in [0.4, 0.5) is 0 Å². The molecule has 2 fully saturated rings. The Bertz CT molecular complexity index is 500. The minimum absolute atomic E-state index is 0.221. The van der Waals surface area contributed by atoms with Crippen molar-refractivity contribution in [2.24, 2.45) is 0 Å². The molecule has 21 heavy (non-hydrogen) atoms. The maximum atomic E-state index is 12.8. The first-order valence-electron chi connectivity index (χ1n) is 7.81. The predicted molar refractivity (Wildman–Crippen MR) is 87.9 cm³/mol. The highest BCUT2D eigenvalue weighted by Crippen LogP contribution is 2.32. The molecule has 1 aromatic rings. The molecular weight excluding hydrogens is 280 g/mol. The Labute approximate surface area is 131 Å². The highest BCUT2D eigenvalue weighted by atomic mass is 32.2. The smallest absolute Gasteiger partial charge is 0.254 e. The molecule has 0 radical (unpaired) electrons. The monoisotopic (exact) mass is 304 g/mol. The van der Waals surface area contributed by atoms with Gasteiger partial charge in [0.1, 0.15) is 0 Å². The minimum atomic E-state index is 0.221. The molecule has 2 aliphatic heterocycles. The number of rotatable bonds is 3. The molecule has 2 saturated heterocycles. The maximum absolute atomic E-state index is 12.8. The summed E-state index contributed by atoms with van der Waals surface area (Å²) in [6.07, 6.45) is 4.37. The Hall–Kier alpha value is -1.00. The lowest BCUT2D eigenvalue weighted by Gasteiger charge is -2.42. The molecule has 0 aromatic heterocycles. The third-order valence-corrected chi connectivity index (χ3v) is 5.56. The van der Waals surface area contributed by atoms with Gasteiger partial charge in [0.15, 0.2) is 0 Å². The van der Waals surface area contributed by atoms with Crippen molar-refractivity contribution in [3.8, 4) is 0 Å². The molecule has 4 heteroatoms. The van der Waals surface area contributed by atoms with Gasteiger partial charge >= 0.3 is 0 Å². The van der Waals surface area contributed by atoms with E-state index in [1.165, 1.54) is 4.90 Å². The van der Waals surface area contributed by atoms with Crippen LogP contribution in [-0.2, 0) is 0 Å². The van der Waals surface area contributed by atoms with E-state index in [9.17, 15) is 4.79 Å². The van der Waals surface area contributed by atoms with E-state index in [4.69, 9.17) is 0 Å². The van der Waals surface area contributed by atoms with Crippen molar-refractivity contribution >= 4 is 17.7 Å². The van der Waals surface area contributed by atoms with Crippen LogP contribution in [0, 0.1) is 0 Å². The molecule has 114 valence electrons. The number of hydrogen-bond acceptors (Lipinski definition) is 3. The molecule has 3 rings (SSSR count). The summed E-state index contributed by atoms with van der Waals surface area (Å²) < 4.78 is 0. The Morgan fingerprint density at radius 2 is 1.71 bits per heavy atom. The summed E-state index contributed by atoms with van der Waals surface area (Å²) in [5, 5.41) is 0. The molecule has 0 aliphatic carbocycles. The van der Waals surface area contributed by atoms with Gasteiger partial charge in [-0.05, 0) is 57.2 Å². The van der Waals surface area contributed by atoms with Gasteiger partial charge in [-0.2, -0.15) is 0 Å². The Morgan fingerprint density at radius 1 is 1.14 bits per heavy atom. The van der Waals surface area contributed by atoms with Gasteiger partial charge in [-0.3, -0.25) is 9.69 Å². The van der Waals surface area contributed by atoms with E-state index < -0.39 is 0 Å². The second-order valence-electron chi connectivity index (χ2n) is 6.37. The first-order chi connectivity index (χ1) is 10.1. The van der Waals surface area contributed by atoms with Crippen LogP contribution in [0.3, 0.4) is 0 Å². The van der Waals surface area contributed by atoms with Gasteiger partial charge < -0.3 is 4.90 Å². The van der Waals surface area contributed by atoms with E-state index in [0.717, 1.165) is 31.5 Å². The fraction of sp³-hybridized carbons (Fsp3) is 0.588. The van der Waals surface area contributed by atoms with Crippen molar-refractivity contribution in [3.63, 3.8) is 0 Å². The molecule has 2 atom stereocenters. The number of thioether (sulfide) groups is 1. The van der Waals surface area contributed by atoms with E-state index in [0.29, 0.717) is 18.1 Å². The molecule has 2 unspecified atom stereocenters. The Balaban J connectivity index is 1.76. The molecule has 2 aliphatic rings. The normalized spacial score (nSPS) is 25.6. The van der Waals surface area contributed by atoms with Crippen molar-refractivity contribution in [2.75, 3.05) is 19.3 Å². The molecule has 2 bridgehead atoms. The molecular formula is C17H24N2OS. The van der Waals surface area contributed by atoms with Gasteiger partial charge in [0.25, 0.3) is 5.91 Å². The lowest BCUT2D eigenvalue weighted by molar-refractivity contribution is 0.0349. The molecule has 0 saturated carbocycles. The van der Waals surface area contributed by atoms with Gasteiger partial charge in [0.2, 0.25) is 0 Å². The standard InChI is InChI=1S/C17H24N2OS/c1-12(2)18-10-14-6-7-15(11-18)19(14)17(20)13-4-8-16(21-3)9-5-13/h4-5,8-9,12,14-15H,6-7,10-11H2,1-3H3. The van der Waals surface area contributed by atoms with E-state index in [1.807, 2.05) is 24.3 Å². The van der Waals surface area contributed by atoms with Gasteiger partial charge in [0.05, 0.1) is 0 Å². The first kappa shape index (κ1) is 14.9. The number of nitrogens with zero attached hydrogens (tertiary/aromatic N) is 2. The van der Waals surface area contributed by atoms with Crippen LogP contribution in [0.25, 0.3) is 0 Å². The van der Waals surface area contributed by atoms with E-state index in [2.05, 4.69) is 29.9 Å². The lowest BCUT2D eigenvalue weighted by atomic mass is 10.1. The number of piperazine rings is 1. The number of benzene rings is 1. The Kier molecular flexibility index (Phi) is 4.27. The van der Waals surface area contributed by atoms with Gasteiger partial charge in [-0.15, -0.1) is 11.8 Å². The highest BCUT2D eigenvalue weighted by molar-refractivity contribution is 7.98. The quantitative estimate of drug-likeness (QED) is 0.802. The van der Waals surface area contributed by atoms with Crippen LogP contribution in [0.15, 0.2) is 29.2 Å². The van der Waals surface area contributed by atoms with Crippen molar-refractivity contribution < 1.29 is 4.79 Å². The topological polar surface area (TPSA) is 23.6 Å². The Morgan fingerprint density at radius 3 is 2.19 bits per heavy atom. The summed E-state index contributed by atoms with van der Waals surface area (Å²) in [5.41, 5.74) is 0.836. The third kappa shape index (κ3) is 2.84. The van der Waals surface area contributed by atoms with E-state index in [-0.39, 0.29) is 5.91 Å². The molecule has 3 nitrogen and oxygen atoms in total. The molecule has 2 heterocycles. The summed E-state index contributed by atoms with van der Waals surface area (Å²) in [6.45, 7) is 6.56. The summed E-state index contributed by atoms with van der Waals surface area (Å²) in [7, 11) is 0. The van der Waals surface area contributed by atoms with Crippen molar-refractivity contribution in [3.05, 3.63) is 29.8 Å². The number of hydrogen-bond donors (Lipinski definition) is 0. The van der Waals surface area contributed by atoms with Crippen LogP contribution >= 0.6 is 11.8 Å². The summed E-state index contributed by atoms with van der Waals surface area (Å²) in [6, 6.07) is 9.42. The fourth-order valence-electron chi connectivity index (χ4n) is 3.57. The van der Waals surface area contributed by atoms with Crippen LogP contribution in [0.2, 0.25) is 0 Å². The number of carbonyl (C=O) groups is 1. The summed E-state index contributed by atoms with van der Waals surface area (Å²) >= 11 is 1.71. The molecule has 0 spiro atoms. The predicted octanol–water partition coefficient (Wildman–Crippen LogP) is 3.11. The van der Waals surface area contributed by atoms with Crippen LogP contribution in [0.5, 0.6) is 0 Å². The van der Waals surface area contributed by atoms with E-state index >= 15 is 0 Å². The SMILES string of the molecule is CSc1ccc(C(=O)N2C3CCC2CN(C(C)C)C3)cc1. The third-order valence-electron chi connectivity index (χ3n) is 4.81. The highest BCUT2D eigenvalue weighted by Gasteiger charge is 2.43. The van der Waals surface area contributed by atoms with Crippen LogP contribution in [0.1, 0.15) is 37.0 Å². The maximum Gasteiger partial charge on any atom is 0.254 e. The zero-order chi connectivity index (χ0) is 15.0. The van der Waals surface area contributed by atoms with Crippen molar-refractivity contribution in [1.82, 2.24) is 9.80 Å². The molecule has 0 N–H and O–H groups in total. The van der Waals surface area contributed by atoms with Gasteiger partial charge in [-0.1, -0.05) is 0 Å². The molecule has 1 aromatic carbocycles. The van der Waals surface area contributed by atoms with Gasteiger partial charge in [-0.25, -0.2) is 0 Å². The largest absolute Gasteiger partial charge is 0.330 e. The fourth-order valence-corrected chi connectivity index (χ4v) is 3.98. The second-order valence-corrected chi connectivity index (χ2v) is 7.25. The summed E-state index contributed by atoms with van der Waals surface area (Å²) in [5.74, 6) is 0.221. The zero-order valence-electron chi connectivity index (χ0n) is 13.1. The number of carbonyl (C=O) groups excluding carboxylic acids is 1. The molecule has 1 amide bonds. The van der Waals surface area contributed by atoms with E-state index in [1.54, 1.807) is 11.8 Å². The number of likely N-dealkylation sites (tertiary alicyclic amines) is 1. The number of fused-ring (bicyclic) bond motifs is 2. The van der Waals surface area contributed by atoms with Crippen molar-refractivity contribution in [2.45, 2.75) is 49.7 Å². The van der Waals surface area contributed by atoms with Crippen LogP contribution in [-0.4, -0.2) is 53.2 Å². The second kappa shape index (κ2) is 6.01. The first-order valence-corrected chi connectivity index (χ1v) is 9.03. The zero-order valence-corrected chi connectivity index (χ0v) is 13.9. The summed E-state index contributed by atoms with van der Waals surface area (Å²) in [4.78, 5) is 18.7. The lowest BCUT2D eigenvalue weighted by Crippen LogP contribution is -2.57. The van der Waals surface area contributed by atoms with Crippen LogP contribution < -0.4 is 0 Å². The average Bonchev–Trinajstić information content (AvgIpc) is 2.76. The number of amides is 1. The average molecular weight is 304 g/mol.